The van der Waals surface area contributed by atoms with Gasteiger partial charge in [0.2, 0.25) is 0 Å². The van der Waals surface area contributed by atoms with Gasteiger partial charge in [-0.2, -0.15) is 18.4 Å². The quantitative estimate of drug-likeness (QED) is 0.895. The van der Waals surface area contributed by atoms with E-state index in [1.54, 1.807) is 19.9 Å². The third kappa shape index (κ3) is 4.17. The van der Waals surface area contributed by atoms with E-state index in [-0.39, 0.29) is 17.4 Å². The largest absolute Gasteiger partial charge is 0.447 e. The SMILES string of the molecule is CC(C)OC(=O)Nc1ccc(C(F)(F)F)cc1C#N. The van der Waals surface area contributed by atoms with Gasteiger partial charge < -0.3 is 4.74 Å². The fraction of sp³-hybridized carbons (Fsp3) is 0.333. The van der Waals surface area contributed by atoms with Crippen LogP contribution in [-0.4, -0.2) is 12.2 Å². The molecule has 0 aliphatic heterocycles. The molecule has 0 radical (unpaired) electrons. The number of ether oxygens (including phenoxy) is 1. The summed E-state index contributed by atoms with van der Waals surface area (Å²) in [5.74, 6) is 0. The minimum absolute atomic E-state index is 0.0267. The van der Waals surface area contributed by atoms with Crippen LogP contribution in [0.2, 0.25) is 0 Å². The third-order valence-corrected chi connectivity index (χ3v) is 2.05. The molecule has 0 spiro atoms. The topological polar surface area (TPSA) is 62.1 Å². The Hall–Kier alpha value is -2.23. The van der Waals surface area contributed by atoms with Gasteiger partial charge in [0.25, 0.3) is 0 Å². The molecule has 1 rings (SSSR count). The van der Waals surface area contributed by atoms with Gasteiger partial charge in [-0.3, -0.25) is 5.32 Å². The number of nitriles is 1. The molecule has 7 heteroatoms. The maximum atomic E-state index is 12.4. The molecule has 0 heterocycles. The van der Waals surface area contributed by atoms with Crippen LogP contribution in [0.1, 0.15) is 25.0 Å². The zero-order chi connectivity index (χ0) is 14.6. The average Bonchev–Trinajstić information content (AvgIpc) is 2.26. The van der Waals surface area contributed by atoms with E-state index in [0.29, 0.717) is 6.07 Å². The van der Waals surface area contributed by atoms with Gasteiger partial charge >= 0.3 is 12.3 Å². The molecule has 4 nitrogen and oxygen atoms in total. The van der Waals surface area contributed by atoms with E-state index in [2.05, 4.69) is 5.32 Å². The first kappa shape index (κ1) is 14.8. The molecule has 102 valence electrons. The van der Waals surface area contributed by atoms with Crippen molar-refractivity contribution in [1.82, 2.24) is 0 Å². The number of benzene rings is 1. The number of carbonyl (C=O) groups is 1. The van der Waals surface area contributed by atoms with Gasteiger partial charge in [0.15, 0.2) is 0 Å². The zero-order valence-corrected chi connectivity index (χ0v) is 10.2. The van der Waals surface area contributed by atoms with Crippen molar-refractivity contribution in [1.29, 1.82) is 5.26 Å². The maximum Gasteiger partial charge on any atom is 0.416 e. The van der Waals surface area contributed by atoms with Crippen LogP contribution in [0.3, 0.4) is 0 Å². The van der Waals surface area contributed by atoms with Crippen molar-refractivity contribution in [3.8, 4) is 6.07 Å². The lowest BCUT2D eigenvalue weighted by atomic mass is 10.1. The molecule has 0 atom stereocenters. The van der Waals surface area contributed by atoms with Crippen LogP contribution in [0.5, 0.6) is 0 Å². The van der Waals surface area contributed by atoms with Crippen molar-refractivity contribution < 1.29 is 22.7 Å². The standard InChI is InChI=1S/C12H11F3N2O2/c1-7(2)19-11(18)17-10-4-3-9(12(13,14)15)5-8(10)6-16/h3-5,7H,1-2H3,(H,17,18). The van der Waals surface area contributed by atoms with Crippen molar-refractivity contribution in [3.05, 3.63) is 29.3 Å². The number of hydrogen-bond donors (Lipinski definition) is 1. The van der Waals surface area contributed by atoms with E-state index in [1.165, 1.54) is 0 Å². The molecule has 1 amide bonds. The Morgan fingerprint density at radius 1 is 1.42 bits per heavy atom. The summed E-state index contributed by atoms with van der Waals surface area (Å²) in [4.78, 5) is 11.3. The van der Waals surface area contributed by atoms with Crippen molar-refractivity contribution in [2.24, 2.45) is 0 Å². The lowest BCUT2D eigenvalue weighted by Crippen LogP contribution is -2.18. The van der Waals surface area contributed by atoms with Gasteiger partial charge in [0, 0.05) is 0 Å². The highest BCUT2D eigenvalue weighted by molar-refractivity contribution is 5.86. The van der Waals surface area contributed by atoms with Gasteiger partial charge in [-0.15, -0.1) is 0 Å². The number of amides is 1. The highest BCUT2D eigenvalue weighted by Crippen LogP contribution is 2.31. The summed E-state index contributed by atoms with van der Waals surface area (Å²) in [5, 5.41) is 11.0. The van der Waals surface area contributed by atoms with Crippen LogP contribution in [0.4, 0.5) is 23.7 Å². The van der Waals surface area contributed by atoms with Crippen LogP contribution < -0.4 is 5.32 Å². The van der Waals surface area contributed by atoms with Gasteiger partial charge in [-0.1, -0.05) is 0 Å². The molecule has 19 heavy (non-hydrogen) atoms. The fourth-order valence-electron chi connectivity index (χ4n) is 1.28. The smallest absolute Gasteiger partial charge is 0.416 e. The highest BCUT2D eigenvalue weighted by atomic mass is 19.4. The number of rotatable bonds is 2. The summed E-state index contributed by atoms with van der Waals surface area (Å²) in [5.41, 5.74) is -1.26. The van der Waals surface area contributed by atoms with E-state index in [4.69, 9.17) is 10.00 Å². The Kier molecular flexibility index (Phi) is 4.38. The molecular formula is C12H11F3N2O2. The number of carbonyl (C=O) groups excluding carboxylic acids is 1. The average molecular weight is 272 g/mol. The first-order valence-corrected chi connectivity index (χ1v) is 5.33. The van der Waals surface area contributed by atoms with E-state index in [0.717, 1.165) is 12.1 Å². The van der Waals surface area contributed by atoms with E-state index >= 15 is 0 Å². The van der Waals surface area contributed by atoms with Crippen molar-refractivity contribution in [3.63, 3.8) is 0 Å². The molecule has 1 N–H and O–H groups in total. The molecule has 0 fully saturated rings. The summed E-state index contributed by atoms with van der Waals surface area (Å²) in [6.45, 7) is 3.25. The molecule has 0 aliphatic carbocycles. The normalized spacial score (nSPS) is 11.0. The third-order valence-electron chi connectivity index (χ3n) is 2.05. The molecule has 0 bridgehead atoms. The minimum Gasteiger partial charge on any atom is -0.447 e. The molecule has 0 saturated carbocycles. The monoisotopic (exact) mass is 272 g/mol. The van der Waals surface area contributed by atoms with E-state index < -0.39 is 17.8 Å². The molecule has 1 aromatic carbocycles. The van der Waals surface area contributed by atoms with Gasteiger partial charge in [0.05, 0.1) is 22.9 Å². The summed E-state index contributed by atoms with van der Waals surface area (Å²) >= 11 is 0. The number of alkyl halides is 3. The molecule has 0 aromatic heterocycles. The van der Waals surface area contributed by atoms with Crippen LogP contribution in [0, 0.1) is 11.3 Å². The molecule has 0 saturated heterocycles. The second-order valence-electron chi connectivity index (χ2n) is 3.95. The van der Waals surface area contributed by atoms with Crippen molar-refractivity contribution in [2.75, 3.05) is 5.32 Å². The fourth-order valence-corrected chi connectivity index (χ4v) is 1.28. The zero-order valence-electron chi connectivity index (χ0n) is 10.2. The Morgan fingerprint density at radius 3 is 2.53 bits per heavy atom. The predicted molar refractivity (Wildman–Crippen MR) is 61.4 cm³/mol. The predicted octanol–water partition coefficient (Wildman–Crippen LogP) is 3.53. The van der Waals surface area contributed by atoms with E-state index in [9.17, 15) is 18.0 Å². The second kappa shape index (κ2) is 5.61. The summed E-state index contributed by atoms with van der Waals surface area (Å²) < 4.78 is 42.1. The molecular weight excluding hydrogens is 261 g/mol. The lowest BCUT2D eigenvalue weighted by Gasteiger charge is -2.12. The number of anilines is 1. The Bertz CT molecular complexity index is 519. The molecule has 1 aromatic rings. The lowest BCUT2D eigenvalue weighted by molar-refractivity contribution is -0.137. The molecule has 0 unspecified atom stereocenters. The van der Waals surface area contributed by atoms with Crippen molar-refractivity contribution >= 4 is 11.8 Å². The van der Waals surface area contributed by atoms with Crippen LogP contribution >= 0.6 is 0 Å². The van der Waals surface area contributed by atoms with Crippen LogP contribution in [0.25, 0.3) is 0 Å². The highest BCUT2D eigenvalue weighted by Gasteiger charge is 2.31. The summed E-state index contributed by atoms with van der Waals surface area (Å²) in [6, 6.07) is 4.07. The second-order valence-corrected chi connectivity index (χ2v) is 3.95. The Labute approximate surface area is 107 Å². The first-order valence-electron chi connectivity index (χ1n) is 5.33. The summed E-state index contributed by atoms with van der Waals surface area (Å²) in [6.07, 6.45) is -5.74. The van der Waals surface area contributed by atoms with Crippen molar-refractivity contribution in [2.45, 2.75) is 26.1 Å². The number of halogens is 3. The maximum absolute atomic E-state index is 12.4. The summed E-state index contributed by atoms with van der Waals surface area (Å²) in [7, 11) is 0. The Morgan fingerprint density at radius 2 is 2.05 bits per heavy atom. The number of nitrogens with zero attached hydrogens (tertiary/aromatic N) is 1. The number of nitrogens with one attached hydrogen (secondary N) is 1. The first-order chi connectivity index (χ1) is 8.74. The van der Waals surface area contributed by atoms with Crippen LogP contribution in [-0.2, 0) is 10.9 Å². The van der Waals surface area contributed by atoms with Gasteiger partial charge in [-0.25, -0.2) is 4.79 Å². The number of hydrogen-bond acceptors (Lipinski definition) is 3. The minimum atomic E-state index is -4.54. The van der Waals surface area contributed by atoms with E-state index in [1.807, 2.05) is 0 Å². The van der Waals surface area contributed by atoms with Crippen LogP contribution in [0.15, 0.2) is 18.2 Å². The Balaban J connectivity index is 2.98. The van der Waals surface area contributed by atoms with Gasteiger partial charge in [0.1, 0.15) is 6.07 Å². The molecule has 0 aliphatic rings. The van der Waals surface area contributed by atoms with Gasteiger partial charge in [-0.05, 0) is 32.0 Å².